The minimum absolute atomic E-state index is 0.135. The maximum Gasteiger partial charge on any atom is 0.338 e. The fourth-order valence-corrected chi connectivity index (χ4v) is 3.51. The van der Waals surface area contributed by atoms with Gasteiger partial charge in [0.15, 0.2) is 0 Å². The Balaban J connectivity index is 1.58. The van der Waals surface area contributed by atoms with Gasteiger partial charge in [-0.2, -0.15) is 0 Å². The number of carbonyl (C=O) groups is 2. The van der Waals surface area contributed by atoms with E-state index in [9.17, 15) is 9.59 Å². The third-order valence-electron chi connectivity index (χ3n) is 4.62. The van der Waals surface area contributed by atoms with E-state index in [1.165, 1.54) is 25.7 Å². The molecule has 4 heteroatoms. The molecule has 3 rings (SSSR count). The lowest BCUT2D eigenvalue weighted by atomic mass is 10.0. The highest BCUT2D eigenvalue weighted by atomic mass is 16.5. The van der Waals surface area contributed by atoms with Gasteiger partial charge < -0.3 is 10.1 Å². The number of esters is 1. The maximum absolute atomic E-state index is 12.3. The van der Waals surface area contributed by atoms with Crippen molar-refractivity contribution < 1.29 is 14.3 Å². The molecule has 2 saturated carbocycles. The molecule has 0 spiro atoms. The quantitative estimate of drug-likeness (QED) is 0.865. The number of fused-ring (bicyclic) bond motifs is 1. The van der Waals surface area contributed by atoms with Crippen LogP contribution in [-0.2, 0) is 9.53 Å². The van der Waals surface area contributed by atoms with E-state index in [1.54, 1.807) is 31.2 Å². The highest BCUT2D eigenvalue weighted by Gasteiger charge is 2.54. The van der Waals surface area contributed by atoms with E-state index in [0.29, 0.717) is 24.0 Å². The Hall–Kier alpha value is -1.84. The molecular weight excluding hydrogens is 266 g/mol. The lowest BCUT2D eigenvalue weighted by Gasteiger charge is -2.06. The number of carbonyl (C=O) groups excluding carboxylic acids is 2. The molecule has 4 nitrogen and oxygen atoms in total. The topological polar surface area (TPSA) is 55.4 Å². The van der Waals surface area contributed by atoms with Crippen molar-refractivity contribution in [3.05, 3.63) is 29.8 Å². The summed E-state index contributed by atoms with van der Waals surface area (Å²) in [6.45, 7) is 2.14. The minimum Gasteiger partial charge on any atom is -0.462 e. The number of amides is 1. The van der Waals surface area contributed by atoms with Gasteiger partial charge in [-0.05, 0) is 55.9 Å². The molecule has 0 radical (unpaired) electrons. The molecule has 1 N–H and O–H groups in total. The van der Waals surface area contributed by atoms with E-state index >= 15 is 0 Å². The number of rotatable bonds is 4. The van der Waals surface area contributed by atoms with Gasteiger partial charge in [-0.25, -0.2) is 4.79 Å². The van der Waals surface area contributed by atoms with E-state index < -0.39 is 0 Å². The molecule has 0 heterocycles. The van der Waals surface area contributed by atoms with Crippen LogP contribution in [0.5, 0.6) is 0 Å². The van der Waals surface area contributed by atoms with Crippen LogP contribution in [0.2, 0.25) is 0 Å². The van der Waals surface area contributed by atoms with Gasteiger partial charge in [-0.15, -0.1) is 0 Å². The number of ether oxygens (including phenoxy) is 1. The molecule has 1 amide bonds. The standard InChI is InChI=1S/C17H21NO3/c1-2-21-17(20)11-7-9-12(10-8-11)18-16(19)15-13-5-3-4-6-14(13)15/h7-10,13-15H,2-6H2,1H3,(H,18,19)/t13-,14-/m0/s1. The molecule has 0 unspecified atom stereocenters. The van der Waals surface area contributed by atoms with Crippen molar-refractivity contribution >= 4 is 17.6 Å². The van der Waals surface area contributed by atoms with Gasteiger partial charge in [-0.1, -0.05) is 12.8 Å². The van der Waals surface area contributed by atoms with Crippen molar-refractivity contribution in [3.8, 4) is 0 Å². The first kappa shape index (κ1) is 14.1. The summed E-state index contributed by atoms with van der Waals surface area (Å²) in [5.41, 5.74) is 1.26. The highest BCUT2D eigenvalue weighted by Crippen LogP contribution is 2.55. The van der Waals surface area contributed by atoms with Gasteiger partial charge >= 0.3 is 5.97 Å². The zero-order chi connectivity index (χ0) is 14.8. The molecule has 2 atom stereocenters. The van der Waals surface area contributed by atoms with E-state index in [4.69, 9.17) is 4.74 Å². The first-order chi connectivity index (χ1) is 10.2. The van der Waals surface area contributed by atoms with Crippen LogP contribution in [0.25, 0.3) is 0 Å². The molecule has 2 aliphatic carbocycles. The van der Waals surface area contributed by atoms with Crippen LogP contribution >= 0.6 is 0 Å². The second-order valence-electron chi connectivity index (χ2n) is 5.93. The molecule has 1 aromatic rings. The molecule has 0 bridgehead atoms. The van der Waals surface area contributed by atoms with Crippen LogP contribution in [0.4, 0.5) is 5.69 Å². The van der Waals surface area contributed by atoms with Gasteiger partial charge in [0.05, 0.1) is 12.2 Å². The number of benzene rings is 1. The molecular formula is C17H21NO3. The summed E-state index contributed by atoms with van der Waals surface area (Å²) >= 11 is 0. The average Bonchev–Trinajstić information content (AvgIpc) is 3.22. The van der Waals surface area contributed by atoms with Crippen molar-refractivity contribution in [1.82, 2.24) is 0 Å². The summed E-state index contributed by atoms with van der Waals surface area (Å²) in [5, 5.41) is 2.97. The molecule has 0 saturated heterocycles. The summed E-state index contributed by atoms with van der Waals surface area (Å²) < 4.78 is 4.94. The molecule has 21 heavy (non-hydrogen) atoms. The van der Waals surface area contributed by atoms with Gasteiger partial charge in [0.25, 0.3) is 0 Å². The Morgan fingerprint density at radius 1 is 1.14 bits per heavy atom. The average molecular weight is 287 g/mol. The van der Waals surface area contributed by atoms with Crippen LogP contribution in [0.1, 0.15) is 43.0 Å². The normalized spacial score (nSPS) is 26.6. The number of anilines is 1. The Labute approximate surface area is 124 Å². The third-order valence-corrected chi connectivity index (χ3v) is 4.62. The van der Waals surface area contributed by atoms with Crippen molar-refractivity contribution in [2.24, 2.45) is 17.8 Å². The summed E-state index contributed by atoms with van der Waals surface area (Å²) in [7, 11) is 0. The smallest absolute Gasteiger partial charge is 0.338 e. The Morgan fingerprint density at radius 3 is 2.33 bits per heavy atom. The second kappa shape index (κ2) is 5.88. The Bertz CT molecular complexity index is 525. The summed E-state index contributed by atoms with van der Waals surface area (Å²) in [6.07, 6.45) is 4.92. The van der Waals surface area contributed by atoms with Crippen LogP contribution in [-0.4, -0.2) is 18.5 Å². The first-order valence-electron chi connectivity index (χ1n) is 7.78. The van der Waals surface area contributed by atoms with Crippen molar-refractivity contribution in [2.45, 2.75) is 32.6 Å². The van der Waals surface area contributed by atoms with Crippen molar-refractivity contribution in [3.63, 3.8) is 0 Å². The van der Waals surface area contributed by atoms with Crippen LogP contribution in [0, 0.1) is 17.8 Å². The van der Waals surface area contributed by atoms with Gasteiger partial charge in [0, 0.05) is 11.6 Å². The monoisotopic (exact) mass is 287 g/mol. The van der Waals surface area contributed by atoms with Crippen LogP contribution in [0.15, 0.2) is 24.3 Å². The molecule has 1 aromatic carbocycles. The Morgan fingerprint density at radius 2 is 1.76 bits per heavy atom. The zero-order valence-electron chi connectivity index (χ0n) is 12.3. The molecule has 2 fully saturated rings. The zero-order valence-corrected chi connectivity index (χ0v) is 12.3. The molecule has 112 valence electrons. The number of hydrogen-bond donors (Lipinski definition) is 1. The lowest BCUT2D eigenvalue weighted by Crippen LogP contribution is -2.15. The summed E-state index contributed by atoms with van der Waals surface area (Å²) in [4.78, 5) is 23.8. The lowest BCUT2D eigenvalue weighted by molar-refractivity contribution is -0.117. The van der Waals surface area contributed by atoms with Gasteiger partial charge in [0.1, 0.15) is 0 Å². The van der Waals surface area contributed by atoms with E-state index in [0.717, 1.165) is 5.69 Å². The predicted molar refractivity (Wildman–Crippen MR) is 80.0 cm³/mol. The fraction of sp³-hybridized carbons (Fsp3) is 0.529. The number of nitrogens with one attached hydrogen (secondary N) is 1. The van der Waals surface area contributed by atoms with Gasteiger partial charge in [0.2, 0.25) is 5.91 Å². The Kier molecular flexibility index (Phi) is 3.95. The summed E-state index contributed by atoms with van der Waals surface area (Å²) in [5.74, 6) is 1.23. The highest BCUT2D eigenvalue weighted by molar-refractivity contribution is 5.96. The number of hydrogen-bond acceptors (Lipinski definition) is 3. The first-order valence-corrected chi connectivity index (χ1v) is 7.78. The summed E-state index contributed by atoms with van der Waals surface area (Å²) in [6, 6.07) is 6.90. The van der Waals surface area contributed by atoms with E-state index in [1.807, 2.05) is 0 Å². The SMILES string of the molecule is CCOC(=O)c1ccc(NC(=O)C2[C@H]3CCCC[C@H]23)cc1. The van der Waals surface area contributed by atoms with Crippen LogP contribution in [0.3, 0.4) is 0 Å². The minimum atomic E-state index is -0.330. The van der Waals surface area contributed by atoms with Crippen molar-refractivity contribution in [2.75, 3.05) is 11.9 Å². The third kappa shape index (κ3) is 2.94. The fourth-order valence-electron chi connectivity index (χ4n) is 3.51. The van der Waals surface area contributed by atoms with Crippen molar-refractivity contribution in [1.29, 1.82) is 0 Å². The maximum atomic E-state index is 12.3. The predicted octanol–water partition coefficient (Wildman–Crippen LogP) is 3.24. The molecule has 0 aromatic heterocycles. The molecule has 2 aliphatic rings. The second-order valence-corrected chi connectivity index (χ2v) is 5.93. The molecule has 0 aliphatic heterocycles. The van der Waals surface area contributed by atoms with Crippen LogP contribution < -0.4 is 5.32 Å². The largest absolute Gasteiger partial charge is 0.462 e. The van der Waals surface area contributed by atoms with E-state index in [2.05, 4.69) is 5.32 Å². The van der Waals surface area contributed by atoms with Gasteiger partial charge in [-0.3, -0.25) is 4.79 Å². The van der Waals surface area contributed by atoms with E-state index in [-0.39, 0.29) is 17.8 Å².